The van der Waals surface area contributed by atoms with Gasteiger partial charge in [0, 0.05) is 12.3 Å². The van der Waals surface area contributed by atoms with Crippen molar-refractivity contribution in [3.05, 3.63) is 0 Å². The molecule has 0 spiro atoms. The van der Waals surface area contributed by atoms with Gasteiger partial charge in [-0.15, -0.1) is 0 Å². The normalized spacial score (nSPS) is 14.2. The Labute approximate surface area is 88.2 Å². The molecule has 14 heavy (non-hydrogen) atoms. The molecule has 0 bridgehead atoms. The molecule has 3 nitrogen and oxygen atoms in total. The number of sulfone groups is 1. The van der Waals surface area contributed by atoms with Gasteiger partial charge in [-0.1, -0.05) is 33.1 Å². The molecule has 86 valence electrons. The Balaban J connectivity index is 3.89. The van der Waals surface area contributed by atoms with Crippen molar-refractivity contribution < 1.29 is 8.42 Å². The molecule has 0 aromatic carbocycles. The minimum Gasteiger partial charge on any atom is -0.313 e. The highest BCUT2D eigenvalue weighted by Crippen LogP contribution is 2.05. The maximum absolute atomic E-state index is 11.1. The fourth-order valence-corrected chi connectivity index (χ4v) is 2.55. The zero-order chi connectivity index (χ0) is 11.0. The molecule has 0 aliphatic rings. The standard InChI is InChI=1S/C10H23NO2S/c1-4-6-7-8-10(11-5-2)9-14(3,12)13/h10-11H,4-9H2,1-3H3. The first-order chi connectivity index (χ1) is 6.49. The zero-order valence-corrected chi connectivity index (χ0v) is 10.4. The quantitative estimate of drug-likeness (QED) is 0.633. The summed E-state index contributed by atoms with van der Waals surface area (Å²) < 4.78 is 22.2. The number of rotatable bonds is 8. The topological polar surface area (TPSA) is 46.2 Å². The van der Waals surface area contributed by atoms with E-state index in [9.17, 15) is 8.42 Å². The van der Waals surface area contributed by atoms with Crippen LogP contribution in [0.2, 0.25) is 0 Å². The average Bonchev–Trinajstić information content (AvgIpc) is 2.02. The minimum atomic E-state index is -2.85. The SMILES string of the molecule is CCCCCC(CS(C)(=O)=O)NCC. The molecule has 0 saturated heterocycles. The number of nitrogens with one attached hydrogen (secondary N) is 1. The van der Waals surface area contributed by atoms with Crippen LogP contribution in [0.1, 0.15) is 39.5 Å². The molecule has 1 unspecified atom stereocenters. The van der Waals surface area contributed by atoms with E-state index in [1.807, 2.05) is 6.92 Å². The van der Waals surface area contributed by atoms with Crippen molar-refractivity contribution in [3.63, 3.8) is 0 Å². The maximum atomic E-state index is 11.1. The summed E-state index contributed by atoms with van der Waals surface area (Å²) in [6.07, 6.45) is 5.75. The van der Waals surface area contributed by atoms with E-state index in [0.717, 1.165) is 19.4 Å². The minimum absolute atomic E-state index is 0.140. The second kappa shape index (κ2) is 7.23. The molecule has 0 aliphatic heterocycles. The Morgan fingerprint density at radius 3 is 2.29 bits per heavy atom. The van der Waals surface area contributed by atoms with Crippen molar-refractivity contribution in [2.75, 3.05) is 18.6 Å². The van der Waals surface area contributed by atoms with Crippen molar-refractivity contribution in [2.45, 2.75) is 45.6 Å². The van der Waals surface area contributed by atoms with Gasteiger partial charge in [0.15, 0.2) is 0 Å². The second-order valence-electron chi connectivity index (χ2n) is 3.84. The number of hydrogen-bond donors (Lipinski definition) is 1. The highest BCUT2D eigenvalue weighted by Gasteiger charge is 2.13. The molecule has 1 atom stereocenters. The smallest absolute Gasteiger partial charge is 0.148 e. The number of hydrogen-bond acceptors (Lipinski definition) is 3. The first-order valence-electron chi connectivity index (χ1n) is 5.40. The van der Waals surface area contributed by atoms with Gasteiger partial charge in [0.2, 0.25) is 0 Å². The van der Waals surface area contributed by atoms with Crippen LogP contribution in [0.25, 0.3) is 0 Å². The summed E-state index contributed by atoms with van der Waals surface area (Å²) in [5, 5.41) is 3.22. The van der Waals surface area contributed by atoms with Crippen LogP contribution in [0.15, 0.2) is 0 Å². The summed E-state index contributed by atoms with van der Waals surface area (Å²) in [5.41, 5.74) is 0. The Morgan fingerprint density at radius 2 is 1.86 bits per heavy atom. The van der Waals surface area contributed by atoms with E-state index in [1.54, 1.807) is 0 Å². The molecule has 0 rings (SSSR count). The maximum Gasteiger partial charge on any atom is 0.148 e. The van der Waals surface area contributed by atoms with Crippen LogP contribution in [0.5, 0.6) is 0 Å². The molecule has 0 fully saturated rings. The molecule has 1 N–H and O–H groups in total. The fraction of sp³-hybridized carbons (Fsp3) is 1.00. The van der Waals surface area contributed by atoms with Crippen LogP contribution >= 0.6 is 0 Å². The van der Waals surface area contributed by atoms with Gasteiger partial charge in [-0.25, -0.2) is 8.42 Å². The summed E-state index contributed by atoms with van der Waals surface area (Å²) in [7, 11) is -2.85. The molecule has 0 amide bonds. The largest absolute Gasteiger partial charge is 0.313 e. The molecular weight excluding hydrogens is 198 g/mol. The summed E-state index contributed by atoms with van der Waals surface area (Å²) in [6.45, 7) is 5.00. The van der Waals surface area contributed by atoms with Crippen LogP contribution in [-0.4, -0.2) is 33.0 Å². The van der Waals surface area contributed by atoms with Crippen molar-refractivity contribution in [3.8, 4) is 0 Å². The van der Waals surface area contributed by atoms with Gasteiger partial charge in [0.05, 0.1) is 5.75 Å². The fourth-order valence-electron chi connectivity index (χ4n) is 1.54. The van der Waals surface area contributed by atoms with E-state index < -0.39 is 9.84 Å². The average molecular weight is 221 g/mol. The lowest BCUT2D eigenvalue weighted by Crippen LogP contribution is -2.35. The van der Waals surface area contributed by atoms with Gasteiger partial charge in [0.1, 0.15) is 9.84 Å². The summed E-state index contributed by atoms with van der Waals surface area (Å²) in [4.78, 5) is 0. The van der Waals surface area contributed by atoms with Crippen molar-refractivity contribution in [1.29, 1.82) is 0 Å². The highest BCUT2D eigenvalue weighted by molar-refractivity contribution is 7.90. The molecule has 0 aromatic rings. The van der Waals surface area contributed by atoms with Gasteiger partial charge in [-0.2, -0.15) is 0 Å². The lowest BCUT2D eigenvalue weighted by Gasteiger charge is -2.16. The van der Waals surface area contributed by atoms with Crippen molar-refractivity contribution >= 4 is 9.84 Å². The molecule has 0 heterocycles. The Hall–Kier alpha value is -0.0900. The Bertz CT molecular complexity index is 224. The molecule has 0 radical (unpaired) electrons. The first kappa shape index (κ1) is 13.9. The van der Waals surface area contributed by atoms with E-state index in [0.29, 0.717) is 0 Å². The predicted molar refractivity (Wildman–Crippen MR) is 61.3 cm³/mol. The lowest BCUT2D eigenvalue weighted by molar-refractivity contribution is 0.494. The Morgan fingerprint density at radius 1 is 1.21 bits per heavy atom. The van der Waals surface area contributed by atoms with E-state index in [1.165, 1.54) is 19.1 Å². The van der Waals surface area contributed by atoms with Gasteiger partial charge in [-0.3, -0.25) is 0 Å². The Kier molecular flexibility index (Phi) is 7.19. The van der Waals surface area contributed by atoms with E-state index in [4.69, 9.17) is 0 Å². The van der Waals surface area contributed by atoms with Gasteiger partial charge in [0.25, 0.3) is 0 Å². The van der Waals surface area contributed by atoms with Crippen LogP contribution in [0, 0.1) is 0 Å². The van der Waals surface area contributed by atoms with Crippen LogP contribution in [0.4, 0.5) is 0 Å². The van der Waals surface area contributed by atoms with Gasteiger partial charge < -0.3 is 5.32 Å². The third-order valence-electron chi connectivity index (χ3n) is 2.15. The predicted octanol–water partition coefficient (Wildman–Crippen LogP) is 1.59. The highest BCUT2D eigenvalue weighted by atomic mass is 32.2. The van der Waals surface area contributed by atoms with Crippen molar-refractivity contribution in [2.24, 2.45) is 0 Å². The number of unbranched alkanes of at least 4 members (excludes halogenated alkanes) is 2. The lowest BCUT2D eigenvalue weighted by atomic mass is 10.1. The van der Waals surface area contributed by atoms with Crippen molar-refractivity contribution in [1.82, 2.24) is 5.32 Å². The molecule has 0 aromatic heterocycles. The van der Waals surface area contributed by atoms with E-state index >= 15 is 0 Å². The second-order valence-corrected chi connectivity index (χ2v) is 6.03. The van der Waals surface area contributed by atoms with Crippen LogP contribution < -0.4 is 5.32 Å². The molecule has 0 aliphatic carbocycles. The monoisotopic (exact) mass is 221 g/mol. The summed E-state index contributed by atoms with van der Waals surface area (Å²) >= 11 is 0. The van der Waals surface area contributed by atoms with Crippen LogP contribution in [0.3, 0.4) is 0 Å². The molecular formula is C10H23NO2S. The third kappa shape index (κ3) is 8.51. The van der Waals surface area contributed by atoms with Gasteiger partial charge >= 0.3 is 0 Å². The third-order valence-corrected chi connectivity index (χ3v) is 3.16. The van der Waals surface area contributed by atoms with Crippen LogP contribution in [-0.2, 0) is 9.84 Å². The summed E-state index contributed by atoms with van der Waals surface area (Å²) in [6, 6.07) is 0.140. The first-order valence-corrected chi connectivity index (χ1v) is 7.46. The molecule has 0 saturated carbocycles. The molecule has 4 heteroatoms. The van der Waals surface area contributed by atoms with Gasteiger partial charge in [-0.05, 0) is 13.0 Å². The van der Waals surface area contributed by atoms with E-state index in [2.05, 4.69) is 12.2 Å². The van der Waals surface area contributed by atoms with E-state index in [-0.39, 0.29) is 11.8 Å². The summed E-state index contributed by atoms with van der Waals surface area (Å²) in [5.74, 6) is 0.268. The zero-order valence-electron chi connectivity index (χ0n) is 9.54.